The van der Waals surface area contributed by atoms with Gasteiger partial charge >= 0.3 is 32.4 Å². The van der Waals surface area contributed by atoms with Crippen LogP contribution in [0.4, 0.5) is 5.82 Å². The number of nitrogen functional groups attached to an aromatic ring is 1. The summed E-state index contributed by atoms with van der Waals surface area (Å²) < 4.78 is 24.4. The zero-order valence-corrected chi connectivity index (χ0v) is 7.53. The van der Waals surface area contributed by atoms with Gasteiger partial charge in [-0.05, 0) is 0 Å². The van der Waals surface area contributed by atoms with E-state index in [1.807, 2.05) is 0 Å². The molecule has 5 N–H and O–H groups in total. The van der Waals surface area contributed by atoms with Crippen LogP contribution in [0.1, 0.15) is 0 Å². The number of anilines is 1. The third-order valence-electron chi connectivity index (χ3n) is 0.735. The number of hydrogen-bond donors (Lipinski definition) is 3. The van der Waals surface area contributed by atoms with E-state index in [9.17, 15) is 4.79 Å². The number of aromatic nitrogens is 2. The molecule has 0 spiro atoms. The third kappa shape index (κ3) is 7.03. The molecule has 0 saturated carbocycles. The predicted octanol–water partition coefficient (Wildman–Crippen LogP) is -3.47. The van der Waals surface area contributed by atoms with E-state index in [1.165, 1.54) is 6.20 Å². The van der Waals surface area contributed by atoms with Gasteiger partial charge in [-0.25, -0.2) is 4.98 Å². The summed E-state index contributed by atoms with van der Waals surface area (Å²) in [7, 11) is 0. The van der Waals surface area contributed by atoms with Gasteiger partial charge in [-0.2, -0.15) is 9.78 Å². The van der Waals surface area contributed by atoms with Crippen LogP contribution in [0.15, 0.2) is 17.1 Å². The second-order valence-corrected chi connectivity index (χ2v) is 2.52. The molecule has 0 radical (unpaired) electrons. The molecule has 0 aliphatic rings. The van der Waals surface area contributed by atoms with Gasteiger partial charge in [0.1, 0.15) is 0 Å². The van der Waals surface area contributed by atoms with Crippen LogP contribution in [-0.4, -0.2) is 23.7 Å². The number of rotatable bonds is 0. The molecule has 68 valence electrons. The van der Waals surface area contributed by atoms with Crippen molar-refractivity contribution in [3.8, 4) is 0 Å². The SMILES string of the molecule is Nc1cc[nH+]c(=O)[nH]1.O=[Se]([O-])O. The van der Waals surface area contributed by atoms with E-state index in [-0.39, 0.29) is 5.69 Å². The van der Waals surface area contributed by atoms with E-state index >= 15 is 0 Å². The summed E-state index contributed by atoms with van der Waals surface area (Å²) in [6, 6.07) is 1.57. The molecule has 0 saturated heterocycles. The van der Waals surface area contributed by atoms with Gasteiger partial charge in [0.05, 0.1) is 6.20 Å². The third-order valence-corrected chi connectivity index (χ3v) is 0.735. The first-order chi connectivity index (χ1) is 5.52. The Hall–Kier alpha value is -1.08. The number of hydrogen-bond acceptors (Lipinski definition) is 4. The van der Waals surface area contributed by atoms with Gasteiger partial charge in [0.15, 0.2) is 5.82 Å². The molecular formula is C4H7N3O4Se. The van der Waals surface area contributed by atoms with Crippen molar-refractivity contribution in [2.24, 2.45) is 0 Å². The Morgan fingerprint density at radius 2 is 2.25 bits per heavy atom. The molecule has 0 aliphatic carbocycles. The van der Waals surface area contributed by atoms with E-state index in [0.29, 0.717) is 5.82 Å². The minimum absolute atomic E-state index is 0.287. The van der Waals surface area contributed by atoms with Crippen molar-refractivity contribution >= 4 is 20.3 Å². The van der Waals surface area contributed by atoms with Crippen LogP contribution >= 0.6 is 0 Å². The van der Waals surface area contributed by atoms with Gasteiger partial charge in [0.2, 0.25) is 0 Å². The standard InChI is InChI=1S/C4H5N3O.H2O3Se/c5-3-1-2-6-4(8)7-3;1-4(2)3/h1-2H,(H3,5,6,7,8);(H2,1,2,3). The molecule has 8 heteroatoms. The summed E-state index contributed by atoms with van der Waals surface area (Å²) >= 11 is -3.54. The first-order valence-electron chi connectivity index (χ1n) is 2.67. The van der Waals surface area contributed by atoms with Crippen molar-refractivity contribution < 1.29 is 17.2 Å². The topological polar surface area (TPSA) is 133 Å². The Morgan fingerprint density at radius 1 is 1.75 bits per heavy atom. The van der Waals surface area contributed by atoms with Crippen molar-refractivity contribution in [1.82, 2.24) is 4.98 Å². The van der Waals surface area contributed by atoms with Crippen molar-refractivity contribution in [2.75, 3.05) is 5.73 Å². The normalized spacial score (nSPS) is 11.2. The fraction of sp³-hybridized carbons (Fsp3) is 0. The van der Waals surface area contributed by atoms with Crippen LogP contribution in [0, 0.1) is 0 Å². The molecule has 0 amide bonds. The molecule has 0 bridgehead atoms. The van der Waals surface area contributed by atoms with E-state index < -0.39 is 14.5 Å². The van der Waals surface area contributed by atoms with Gasteiger partial charge in [0.25, 0.3) is 0 Å². The molecule has 1 unspecified atom stereocenters. The average molecular weight is 240 g/mol. The minimum atomic E-state index is -3.54. The van der Waals surface area contributed by atoms with Crippen LogP contribution in [0.25, 0.3) is 0 Å². The molecule has 1 heterocycles. The molecule has 12 heavy (non-hydrogen) atoms. The van der Waals surface area contributed by atoms with Crippen molar-refractivity contribution in [3.05, 3.63) is 22.7 Å². The van der Waals surface area contributed by atoms with Gasteiger partial charge < -0.3 is 5.73 Å². The van der Waals surface area contributed by atoms with E-state index in [2.05, 4.69) is 9.97 Å². The summed E-state index contributed by atoms with van der Waals surface area (Å²) in [5, 5.41) is 0. The fourth-order valence-electron chi connectivity index (χ4n) is 0.416. The summed E-state index contributed by atoms with van der Waals surface area (Å²) in [5.74, 6) is 0.369. The van der Waals surface area contributed by atoms with Crippen LogP contribution < -0.4 is 20.6 Å². The zero-order valence-electron chi connectivity index (χ0n) is 5.81. The zero-order chi connectivity index (χ0) is 9.56. The molecule has 1 aromatic heterocycles. The Morgan fingerprint density at radius 3 is 2.50 bits per heavy atom. The number of H-pyrrole nitrogens is 2. The van der Waals surface area contributed by atoms with Gasteiger partial charge in [-0.3, -0.25) is 0 Å². The van der Waals surface area contributed by atoms with E-state index in [1.54, 1.807) is 6.07 Å². The quantitative estimate of drug-likeness (QED) is 0.405. The summed E-state index contributed by atoms with van der Waals surface area (Å²) in [6.45, 7) is 0. The maximum atomic E-state index is 10.3. The van der Waals surface area contributed by atoms with Crippen LogP contribution in [0.3, 0.4) is 0 Å². The van der Waals surface area contributed by atoms with Crippen molar-refractivity contribution in [3.63, 3.8) is 0 Å². The molecule has 7 nitrogen and oxygen atoms in total. The van der Waals surface area contributed by atoms with Gasteiger partial charge in [-0.1, -0.05) is 0 Å². The first-order valence-corrected chi connectivity index (χ1v) is 4.83. The molecule has 1 atom stereocenters. The van der Waals surface area contributed by atoms with Crippen LogP contribution in [0.5, 0.6) is 0 Å². The van der Waals surface area contributed by atoms with Crippen molar-refractivity contribution in [2.45, 2.75) is 0 Å². The second kappa shape index (κ2) is 5.55. The molecule has 0 aromatic carbocycles. The molecular weight excluding hydrogens is 233 g/mol. The Kier molecular flexibility index (Phi) is 5.05. The second-order valence-electron chi connectivity index (χ2n) is 1.60. The van der Waals surface area contributed by atoms with Crippen LogP contribution in [-0.2, 0) is 3.83 Å². The molecule has 1 aromatic rings. The molecule has 0 aliphatic heterocycles. The van der Waals surface area contributed by atoms with E-state index in [0.717, 1.165) is 0 Å². The van der Waals surface area contributed by atoms with Crippen LogP contribution in [0.2, 0.25) is 0 Å². The Labute approximate surface area is 71.6 Å². The predicted molar refractivity (Wildman–Crippen MR) is 36.7 cm³/mol. The summed E-state index contributed by atoms with van der Waals surface area (Å²) in [5.41, 5.74) is 4.90. The monoisotopic (exact) mass is 241 g/mol. The maximum absolute atomic E-state index is 10.3. The summed E-state index contributed by atoms with van der Waals surface area (Å²) in [4.78, 5) is 15.0. The Balaban J connectivity index is 0.000000261. The average Bonchev–Trinajstić information content (AvgIpc) is 1.84. The molecule has 1 rings (SSSR count). The number of nitrogens with one attached hydrogen (secondary N) is 2. The number of aromatic amines is 2. The number of nitrogens with two attached hydrogens (primary N) is 1. The van der Waals surface area contributed by atoms with Crippen molar-refractivity contribution in [1.29, 1.82) is 0 Å². The van der Waals surface area contributed by atoms with E-state index in [4.69, 9.17) is 17.9 Å². The summed E-state index contributed by atoms with van der Waals surface area (Å²) in [6.07, 6.45) is 1.48. The fourth-order valence-corrected chi connectivity index (χ4v) is 0.416. The van der Waals surface area contributed by atoms with Gasteiger partial charge in [0, 0.05) is 6.07 Å². The van der Waals surface area contributed by atoms with Gasteiger partial charge in [-0.15, -0.1) is 0 Å². The molecule has 0 fully saturated rings. The Bertz CT molecular complexity index is 307. The first kappa shape index (κ1) is 10.9.